The molecule has 0 rings (SSSR count). The standard InChI is InChI=1S/C14H26N4O7/c1-6(2)10(18-11(21)7(3)15)13(23)16-8(4-19)12(22)17-9(5-20)14(24)25/h6-10,19-20H,4-5,15H2,1-3H3,(H,16,23)(H,17,22)(H,18,21)(H,24,25). The smallest absolute Gasteiger partial charge is 0.328 e. The van der Waals surface area contributed by atoms with Gasteiger partial charge < -0.3 is 37.0 Å². The van der Waals surface area contributed by atoms with Crippen LogP contribution in [0.3, 0.4) is 0 Å². The van der Waals surface area contributed by atoms with Gasteiger partial charge in [-0.05, 0) is 12.8 Å². The van der Waals surface area contributed by atoms with Crippen molar-refractivity contribution in [1.82, 2.24) is 16.0 Å². The van der Waals surface area contributed by atoms with Crippen LogP contribution in [-0.4, -0.2) is 76.4 Å². The van der Waals surface area contributed by atoms with Gasteiger partial charge in [-0.3, -0.25) is 14.4 Å². The first-order valence-electron chi connectivity index (χ1n) is 7.66. The van der Waals surface area contributed by atoms with Crippen molar-refractivity contribution in [3.8, 4) is 0 Å². The molecule has 0 aromatic heterocycles. The second-order valence-electron chi connectivity index (χ2n) is 5.84. The Morgan fingerprint density at radius 2 is 1.32 bits per heavy atom. The predicted octanol–water partition coefficient (Wildman–Crippen LogP) is -3.49. The third-order valence-electron chi connectivity index (χ3n) is 3.27. The average Bonchev–Trinajstić information content (AvgIpc) is 2.53. The minimum absolute atomic E-state index is 0.339. The van der Waals surface area contributed by atoms with E-state index in [1.54, 1.807) is 13.8 Å². The molecule has 0 spiro atoms. The van der Waals surface area contributed by atoms with Crippen LogP contribution in [0.5, 0.6) is 0 Å². The van der Waals surface area contributed by atoms with Crippen LogP contribution in [0.4, 0.5) is 0 Å². The Morgan fingerprint density at radius 3 is 1.68 bits per heavy atom. The number of carboxylic acids is 1. The van der Waals surface area contributed by atoms with Crippen molar-refractivity contribution in [2.24, 2.45) is 11.7 Å². The summed E-state index contributed by atoms with van der Waals surface area (Å²) < 4.78 is 0. The number of carboxylic acid groups (broad SMARTS) is 1. The molecule has 0 aliphatic heterocycles. The molecule has 0 saturated carbocycles. The van der Waals surface area contributed by atoms with Gasteiger partial charge in [-0.25, -0.2) is 4.79 Å². The van der Waals surface area contributed by atoms with Crippen LogP contribution in [0.1, 0.15) is 20.8 Å². The fourth-order valence-corrected chi connectivity index (χ4v) is 1.73. The number of carbonyl (C=O) groups is 4. The number of aliphatic hydroxyl groups is 2. The first-order valence-corrected chi connectivity index (χ1v) is 7.66. The van der Waals surface area contributed by atoms with Crippen LogP contribution >= 0.6 is 0 Å². The second kappa shape index (κ2) is 10.6. The van der Waals surface area contributed by atoms with E-state index in [9.17, 15) is 24.3 Å². The summed E-state index contributed by atoms with van der Waals surface area (Å²) in [6.45, 7) is 3.10. The zero-order valence-corrected chi connectivity index (χ0v) is 14.4. The van der Waals surface area contributed by atoms with E-state index >= 15 is 0 Å². The molecule has 4 atom stereocenters. The van der Waals surface area contributed by atoms with E-state index in [0.717, 1.165) is 0 Å². The third-order valence-corrected chi connectivity index (χ3v) is 3.27. The maximum absolute atomic E-state index is 12.3. The molecule has 0 bridgehead atoms. The molecular weight excluding hydrogens is 336 g/mol. The normalized spacial score (nSPS) is 15.6. The number of hydrogen-bond acceptors (Lipinski definition) is 7. The lowest BCUT2D eigenvalue weighted by atomic mass is 10.0. The molecule has 11 nitrogen and oxygen atoms in total. The van der Waals surface area contributed by atoms with Gasteiger partial charge in [0, 0.05) is 0 Å². The van der Waals surface area contributed by atoms with Crippen molar-refractivity contribution in [3.05, 3.63) is 0 Å². The Kier molecular flexibility index (Phi) is 9.64. The molecule has 0 aliphatic rings. The van der Waals surface area contributed by atoms with Crippen LogP contribution in [0.2, 0.25) is 0 Å². The molecule has 3 amide bonds. The number of aliphatic hydroxyl groups excluding tert-OH is 2. The zero-order valence-electron chi connectivity index (χ0n) is 14.4. The minimum atomic E-state index is -1.57. The van der Waals surface area contributed by atoms with Gasteiger partial charge >= 0.3 is 5.97 Å². The van der Waals surface area contributed by atoms with E-state index in [2.05, 4.69) is 10.6 Å². The molecule has 0 aromatic rings. The molecule has 0 fully saturated rings. The van der Waals surface area contributed by atoms with Crippen molar-refractivity contribution < 1.29 is 34.5 Å². The van der Waals surface area contributed by atoms with Gasteiger partial charge in [0.1, 0.15) is 18.1 Å². The van der Waals surface area contributed by atoms with Crippen molar-refractivity contribution in [1.29, 1.82) is 0 Å². The highest BCUT2D eigenvalue weighted by molar-refractivity contribution is 5.94. The first kappa shape index (κ1) is 22.8. The summed E-state index contributed by atoms with van der Waals surface area (Å²) in [5.41, 5.74) is 5.43. The van der Waals surface area contributed by atoms with E-state index < -0.39 is 61.1 Å². The Bertz CT molecular complexity index is 496. The Morgan fingerprint density at radius 1 is 0.840 bits per heavy atom. The summed E-state index contributed by atoms with van der Waals surface area (Å²) >= 11 is 0. The van der Waals surface area contributed by atoms with E-state index in [1.165, 1.54) is 6.92 Å². The lowest BCUT2D eigenvalue weighted by Crippen LogP contribution is -2.59. The largest absolute Gasteiger partial charge is 0.480 e. The topological polar surface area (TPSA) is 191 Å². The maximum Gasteiger partial charge on any atom is 0.328 e. The number of hydrogen-bond donors (Lipinski definition) is 7. The summed E-state index contributed by atoms with van der Waals surface area (Å²) in [5, 5.41) is 33.6. The minimum Gasteiger partial charge on any atom is -0.480 e. The second-order valence-corrected chi connectivity index (χ2v) is 5.84. The van der Waals surface area contributed by atoms with Crippen LogP contribution in [0.25, 0.3) is 0 Å². The number of rotatable bonds is 10. The number of nitrogens with two attached hydrogens (primary N) is 1. The third kappa shape index (κ3) is 7.45. The molecule has 25 heavy (non-hydrogen) atoms. The van der Waals surface area contributed by atoms with Crippen LogP contribution in [-0.2, 0) is 19.2 Å². The van der Waals surface area contributed by atoms with Crippen LogP contribution in [0, 0.1) is 5.92 Å². The predicted molar refractivity (Wildman–Crippen MR) is 86.1 cm³/mol. The SMILES string of the molecule is CC(N)C(=O)NC(C(=O)NC(CO)C(=O)NC(CO)C(=O)O)C(C)C. The van der Waals surface area contributed by atoms with Crippen molar-refractivity contribution in [2.45, 2.75) is 44.9 Å². The first-order chi connectivity index (χ1) is 11.5. The molecule has 0 aromatic carbocycles. The van der Waals surface area contributed by atoms with Gasteiger partial charge in [0.25, 0.3) is 0 Å². The molecule has 0 saturated heterocycles. The number of aliphatic carboxylic acids is 1. The molecule has 4 unspecified atom stereocenters. The highest BCUT2D eigenvalue weighted by atomic mass is 16.4. The van der Waals surface area contributed by atoms with E-state index in [4.69, 9.17) is 15.9 Å². The number of carbonyl (C=O) groups excluding carboxylic acids is 3. The van der Waals surface area contributed by atoms with Gasteiger partial charge in [-0.15, -0.1) is 0 Å². The number of nitrogens with one attached hydrogen (secondary N) is 3. The van der Waals surface area contributed by atoms with Gasteiger partial charge in [0.05, 0.1) is 19.3 Å². The fourth-order valence-electron chi connectivity index (χ4n) is 1.73. The van der Waals surface area contributed by atoms with Crippen molar-refractivity contribution in [3.63, 3.8) is 0 Å². The lowest BCUT2D eigenvalue weighted by Gasteiger charge is -2.25. The van der Waals surface area contributed by atoms with Crippen molar-refractivity contribution >= 4 is 23.7 Å². The fraction of sp³-hybridized carbons (Fsp3) is 0.714. The summed E-state index contributed by atoms with van der Waals surface area (Å²) in [4.78, 5) is 46.7. The molecule has 11 heteroatoms. The zero-order chi connectivity index (χ0) is 19.7. The van der Waals surface area contributed by atoms with E-state index in [0.29, 0.717) is 0 Å². The molecule has 0 radical (unpaired) electrons. The van der Waals surface area contributed by atoms with Crippen LogP contribution in [0.15, 0.2) is 0 Å². The van der Waals surface area contributed by atoms with Gasteiger partial charge in [-0.1, -0.05) is 13.8 Å². The molecule has 144 valence electrons. The lowest BCUT2D eigenvalue weighted by molar-refractivity contribution is -0.143. The quantitative estimate of drug-likeness (QED) is 0.208. The highest BCUT2D eigenvalue weighted by Gasteiger charge is 2.30. The summed E-state index contributed by atoms with van der Waals surface area (Å²) in [6, 6.07) is -4.87. The maximum atomic E-state index is 12.3. The average molecular weight is 362 g/mol. The summed E-state index contributed by atoms with van der Waals surface area (Å²) in [6.07, 6.45) is 0. The Labute approximate surface area is 145 Å². The van der Waals surface area contributed by atoms with Crippen molar-refractivity contribution in [2.75, 3.05) is 13.2 Å². The van der Waals surface area contributed by atoms with Gasteiger partial charge in [-0.2, -0.15) is 0 Å². The van der Waals surface area contributed by atoms with E-state index in [-0.39, 0.29) is 5.92 Å². The van der Waals surface area contributed by atoms with Crippen LogP contribution < -0.4 is 21.7 Å². The Hall–Kier alpha value is -2.24. The van der Waals surface area contributed by atoms with Gasteiger partial charge in [0.2, 0.25) is 17.7 Å². The molecule has 0 aliphatic carbocycles. The highest BCUT2D eigenvalue weighted by Crippen LogP contribution is 2.03. The monoisotopic (exact) mass is 362 g/mol. The summed E-state index contributed by atoms with van der Waals surface area (Å²) in [5.74, 6) is -4.10. The van der Waals surface area contributed by atoms with Gasteiger partial charge in [0.15, 0.2) is 0 Å². The van der Waals surface area contributed by atoms with E-state index in [1.807, 2.05) is 5.32 Å². The number of amides is 3. The molecular formula is C14H26N4O7. The molecule has 8 N–H and O–H groups in total. The summed E-state index contributed by atoms with van der Waals surface area (Å²) in [7, 11) is 0. The Balaban J connectivity index is 5.01. The molecule has 0 heterocycles.